The minimum atomic E-state index is -3.77. The van der Waals surface area contributed by atoms with Crippen molar-refractivity contribution in [3.63, 3.8) is 0 Å². The molecule has 1 amide bonds. The Morgan fingerprint density at radius 3 is 2.30 bits per heavy atom. The maximum atomic E-state index is 12.7. The second kappa shape index (κ2) is 7.34. The SMILES string of the molecule is Cc1nn(Cc2ccccc2)c(C)c1C(=O)Nc1ccc(S(N)(=O)=O)cc1. The summed E-state index contributed by atoms with van der Waals surface area (Å²) < 4.78 is 24.4. The lowest BCUT2D eigenvalue weighted by atomic mass is 10.1. The number of aryl methyl sites for hydroxylation is 1. The van der Waals surface area contributed by atoms with E-state index in [0.29, 0.717) is 23.5 Å². The topological polar surface area (TPSA) is 107 Å². The van der Waals surface area contributed by atoms with Crippen LogP contribution in [0, 0.1) is 13.8 Å². The zero-order valence-corrected chi connectivity index (χ0v) is 15.8. The van der Waals surface area contributed by atoms with Crippen LogP contribution < -0.4 is 10.5 Å². The Hall–Kier alpha value is -2.97. The summed E-state index contributed by atoms with van der Waals surface area (Å²) >= 11 is 0. The lowest BCUT2D eigenvalue weighted by Gasteiger charge is -2.08. The highest BCUT2D eigenvalue weighted by atomic mass is 32.2. The monoisotopic (exact) mass is 384 g/mol. The highest BCUT2D eigenvalue weighted by Gasteiger charge is 2.19. The third-order valence-corrected chi connectivity index (χ3v) is 5.15. The van der Waals surface area contributed by atoms with Crippen LogP contribution in [-0.2, 0) is 16.6 Å². The van der Waals surface area contributed by atoms with Crippen molar-refractivity contribution in [1.29, 1.82) is 0 Å². The highest BCUT2D eigenvalue weighted by molar-refractivity contribution is 7.89. The van der Waals surface area contributed by atoms with Gasteiger partial charge in [0.15, 0.2) is 0 Å². The van der Waals surface area contributed by atoms with Crippen LogP contribution in [0.2, 0.25) is 0 Å². The van der Waals surface area contributed by atoms with Crippen LogP contribution in [-0.4, -0.2) is 24.1 Å². The van der Waals surface area contributed by atoms with E-state index in [0.717, 1.165) is 11.3 Å². The van der Waals surface area contributed by atoms with Gasteiger partial charge in [-0.15, -0.1) is 0 Å². The normalized spacial score (nSPS) is 11.4. The van der Waals surface area contributed by atoms with Gasteiger partial charge in [-0.1, -0.05) is 30.3 Å². The largest absolute Gasteiger partial charge is 0.322 e. The van der Waals surface area contributed by atoms with E-state index in [1.165, 1.54) is 24.3 Å². The number of nitrogens with two attached hydrogens (primary N) is 1. The molecule has 27 heavy (non-hydrogen) atoms. The van der Waals surface area contributed by atoms with Crippen molar-refractivity contribution in [2.45, 2.75) is 25.3 Å². The van der Waals surface area contributed by atoms with Crippen molar-refractivity contribution in [2.24, 2.45) is 5.14 Å². The zero-order valence-electron chi connectivity index (χ0n) is 15.0. The average molecular weight is 384 g/mol. The summed E-state index contributed by atoms with van der Waals surface area (Å²) in [4.78, 5) is 12.7. The number of hydrogen-bond donors (Lipinski definition) is 2. The van der Waals surface area contributed by atoms with Crippen LogP contribution >= 0.6 is 0 Å². The van der Waals surface area contributed by atoms with Crippen molar-refractivity contribution in [1.82, 2.24) is 9.78 Å². The fourth-order valence-corrected chi connectivity index (χ4v) is 3.37. The molecule has 0 radical (unpaired) electrons. The van der Waals surface area contributed by atoms with Gasteiger partial charge in [0, 0.05) is 11.4 Å². The van der Waals surface area contributed by atoms with Crippen molar-refractivity contribution < 1.29 is 13.2 Å². The summed E-state index contributed by atoms with van der Waals surface area (Å²) in [6, 6.07) is 15.6. The van der Waals surface area contributed by atoms with Gasteiger partial charge in [0.05, 0.1) is 22.7 Å². The minimum Gasteiger partial charge on any atom is -0.322 e. The molecule has 0 fully saturated rings. The Morgan fingerprint density at radius 1 is 1.07 bits per heavy atom. The molecule has 0 unspecified atom stereocenters. The molecule has 7 nitrogen and oxygen atoms in total. The molecule has 0 aliphatic heterocycles. The average Bonchev–Trinajstić information content (AvgIpc) is 2.89. The highest BCUT2D eigenvalue weighted by Crippen LogP contribution is 2.18. The molecule has 0 saturated heterocycles. The van der Waals surface area contributed by atoms with Gasteiger partial charge in [-0.3, -0.25) is 9.48 Å². The third kappa shape index (κ3) is 4.24. The third-order valence-electron chi connectivity index (χ3n) is 4.22. The standard InChI is InChI=1S/C19H20N4O3S/c1-13-18(14(2)23(22-13)12-15-6-4-3-5-7-15)19(24)21-16-8-10-17(11-9-16)27(20,25)26/h3-11H,12H2,1-2H3,(H,21,24)(H2,20,25,26). The summed E-state index contributed by atoms with van der Waals surface area (Å²) in [5.41, 5.74) is 3.45. The summed E-state index contributed by atoms with van der Waals surface area (Å²) in [7, 11) is -3.77. The maximum absolute atomic E-state index is 12.7. The molecule has 8 heteroatoms. The summed E-state index contributed by atoms with van der Waals surface area (Å²) in [5, 5.41) is 12.3. The lowest BCUT2D eigenvalue weighted by molar-refractivity contribution is 0.102. The van der Waals surface area contributed by atoms with Crippen LogP contribution in [0.15, 0.2) is 59.5 Å². The number of benzene rings is 2. The molecule has 0 aliphatic carbocycles. The Morgan fingerprint density at radius 2 is 1.70 bits per heavy atom. The first-order valence-corrected chi connectivity index (χ1v) is 9.82. The maximum Gasteiger partial charge on any atom is 0.259 e. The molecule has 1 aromatic heterocycles. The van der Waals surface area contributed by atoms with E-state index < -0.39 is 10.0 Å². The fourth-order valence-electron chi connectivity index (χ4n) is 2.86. The number of hydrogen-bond acceptors (Lipinski definition) is 4. The second-order valence-corrected chi connectivity index (χ2v) is 7.77. The Kier molecular flexibility index (Phi) is 5.11. The van der Waals surface area contributed by atoms with E-state index in [9.17, 15) is 13.2 Å². The number of aromatic nitrogens is 2. The van der Waals surface area contributed by atoms with Crippen LogP contribution in [0.3, 0.4) is 0 Å². The molecular formula is C19H20N4O3S. The van der Waals surface area contributed by atoms with Crippen molar-refractivity contribution >= 4 is 21.6 Å². The summed E-state index contributed by atoms with van der Waals surface area (Å²) in [6.45, 7) is 4.21. The lowest BCUT2D eigenvalue weighted by Crippen LogP contribution is -2.15. The molecule has 0 spiro atoms. The number of amides is 1. The minimum absolute atomic E-state index is 0.0106. The Labute approximate surface area is 157 Å². The van der Waals surface area contributed by atoms with E-state index in [1.807, 2.05) is 37.3 Å². The van der Waals surface area contributed by atoms with E-state index >= 15 is 0 Å². The van der Waals surface area contributed by atoms with Gasteiger partial charge in [0.1, 0.15) is 0 Å². The zero-order chi connectivity index (χ0) is 19.6. The van der Waals surface area contributed by atoms with Gasteiger partial charge in [0.2, 0.25) is 10.0 Å². The van der Waals surface area contributed by atoms with Crippen LogP contribution in [0.5, 0.6) is 0 Å². The van der Waals surface area contributed by atoms with Crippen LogP contribution in [0.1, 0.15) is 27.3 Å². The van der Waals surface area contributed by atoms with Gasteiger partial charge >= 0.3 is 0 Å². The van der Waals surface area contributed by atoms with Gasteiger partial charge in [-0.25, -0.2) is 13.6 Å². The van der Waals surface area contributed by atoms with Crippen LogP contribution in [0.4, 0.5) is 5.69 Å². The molecule has 2 aromatic carbocycles. The number of primary sulfonamides is 1. The molecule has 0 bridgehead atoms. The number of rotatable bonds is 5. The number of nitrogens with one attached hydrogen (secondary N) is 1. The predicted molar refractivity (Wildman–Crippen MR) is 103 cm³/mol. The summed E-state index contributed by atoms with van der Waals surface area (Å²) in [5.74, 6) is -0.298. The number of nitrogens with zero attached hydrogens (tertiary/aromatic N) is 2. The molecule has 0 atom stereocenters. The molecular weight excluding hydrogens is 364 g/mol. The van der Waals surface area contributed by atoms with Gasteiger partial charge in [0.25, 0.3) is 5.91 Å². The van der Waals surface area contributed by atoms with Gasteiger partial charge in [-0.05, 0) is 43.7 Å². The van der Waals surface area contributed by atoms with Crippen molar-refractivity contribution in [3.8, 4) is 0 Å². The Balaban J connectivity index is 1.81. The van der Waals surface area contributed by atoms with E-state index in [1.54, 1.807) is 11.6 Å². The van der Waals surface area contributed by atoms with E-state index in [2.05, 4.69) is 10.4 Å². The molecule has 3 rings (SSSR count). The number of carbonyl (C=O) groups excluding carboxylic acids is 1. The smallest absolute Gasteiger partial charge is 0.259 e. The number of anilines is 1. The number of carbonyl (C=O) groups is 1. The van der Waals surface area contributed by atoms with Gasteiger partial charge < -0.3 is 5.32 Å². The fraction of sp³-hybridized carbons (Fsp3) is 0.158. The molecule has 140 valence electrons. The van der Waals surface area contributed by atoms with E-state index in [-0.39, 0.29) is 10.8 Å². The number of sulfonamides is 1. The first kappa shape index (κ1) is 18.8. The first-order chi connectivity index (χ1) is 12.8. The predicted octanol–water partition coefficient (Wildman–Crippen LogP) is 2.45. The Bertz CT molecular complexity index is 1070. The van der Waals surface area contributed by atoms with Crippen molar-refractivity contribution in [2.75, 3.05) is 5.32 Å². The molecule has 3 aromatic rings. The molecule has 0 saturated carbocycles. The van der Waals surface area contributed by atoms with Crippen molar-refractivity contribution in [3.05, 3.63) is 77.1 Å². The molecule has 0 aliphatic rings. The second-order valence-electron chi connectivity index (χ2n) is 6.21. The molecule has 1 heterocycles. The quantitative estimate of drug-likeness (QED) is 0.704. The first-order valence-electron chi connectivity index (χ1n) is 8.28. The summed E-state index contributed by atoms with van der Waals surface area (Å²) in [6.07, 6.45) is 0. The van der Waals surface area contributed by atoms with E-state index in [4.69, 9.17) is 5.14 Å². The van der Waals surface area contributed by atoms with Gasteiger partial charge in [-0.2, -0.15) is 5.10 Å². The van der Waals surface area contributed by atoms with Crippen LogP contribution in [0.25, 0.3) is 0 Å². The molecule has 3 N–H and O–H groups in total.